The van der Waals surface area contributed by atoms with Gasteiger partial charge in [-0.05, 0) is 22.0 Å². The Labute approximate surface area is 110 Å². The summed E-state index contributed by atoms with van der Waals surface area (Å²) >= 11 is 8.82. The van der Waals surface area contributed by atoms with Crippen LogP contribution in [0.5, 0.6) is 0 Å². The van der Waals surface area contributed by atoms with Crippen molar-refractivity contribution in [3.05, 3.63) is 21.9 Å². The Bertz CT molecular complexity index is 455. The Balaban J connectivity index is 2.67. The molecule has 4 N–H and O–H groups in total. The van der Waals surface area contributed by atoms with Gasteiger partial charge in [-0.2, -0.15) is 0 Å². The van der Waals surface area contributed by atoms with E-state index >= 15 is 0 Å². The third-order valence-corrected chi connectivity index (χ3v) is 2.93. The summed E-state index contributed by atoms with van der Waals surface area (Å²) in [5.41, 5.74) is 5.76. The van der Waals surface area contributed by atoms with E-state index in [0.717, 1.165) is 0 Å². The summed E-state index contributed by atoms with van der Waals surface area (Å²) in [5.74, 6) is -1.73. The van der Waals surface area contributed by atoms with Crippen LogP contribution in [0.1, 0.15) is 6.42 Å². The highest BCUT2D eigenvalue weighted by Gasteiger charge is 2.17. The van der Waals surface area contributed by atoms with Gasteiger partial charge in [-0.15, -0.1) is 0 Å². The van der Waals surface area contributed by atoms with Gasteiger partial charge in [0.05, 0.1) is 28.8 Å². The van der Waals surface area contributed by atoms with Crippen LogP contribution < -0.4 is 11.1 Å². The average molecular weight is 323 g/mol. The quantitative estimate of drug-likeness (QED) is 0.723. The van der Waals surface area contributed by atoms with Crippen LogP contribution in [0.4, 0.5) is 5.69 Å². The zero-order valence-corrected chi connectivity index (χ0v) is 10.8. The first-order valence-electron chi connectivity index (χ1n) is 4.49. The van der Waals surface area contributed by atoms with Crippen LogP contribution in [0.25, 0.3) is 0 Å². The highest BCUT2D eigenvalue weighted by atomic mass is 79.9. The second-order valence-electron chi connectivity index (χ2n) is 3.19. The third-order valence-electron chi connectivity index (χ3n) is 1.80. The fourth-order valence-corrected chi connectivity index (χ4v) is 1.46. The number of carboxylic acid groups (broad SMARTS) is 1. The van der Waals surface area contributed by atoms with E-state index in [0.29, 0.717) is 10.2 Å². The first-order chi connectivity index (χ1) is 7.90. The Morgan fingerprint density at radius 2 is 2.29 bits per heavy atom. The SMILES string of the molecule is NC(CC(=O)O)C(=O)Nc1cnc(Cl)c(Br)c1. The van der Waals surface area contributed by atoms with Crippen molar-refractivity contribution >= 4 is 45.1 Å². The van der Waals surface area contributed by atoms with E-state index in [2.05, 4.69) is 26.2 Å². The van der Waals surface area contributed by atoms with Gasteiger partial charge in [0.2, 0.25) is 5.91 Å². The van der Waals surface area contributed by atoms with E-state index in [1.54, 1.807) is 6.07 Å². The van der Waals surface area contributed by atoms with Crippen LogP contribution in [0.3, 0.4) is 0 Å². The van der Waals surface area contributed by atoms with Crippen molar-refractivity contribution < 1.29 is 14.7 Å². The van der Waals surface area contributed by atoms with Gasteiger partial charge < -0.3 is 16.2 Å². The molecule has 0 aliphatic heterocycles. The van der Waals surface area contributed by atoms with Gasteiger partial charge in [-0.25, -0.2) is 4.98 Å². The molecular weight excluding hydrogens is 313 g/mol. The maximum absolute atomic E-state index is 11.5. The standard InChI is InChI=1S/C9H9BrClN3O3/c10-5-1-4(3-13-8(5)11)14-9(17)6(12)2-7(15)16/h1,3,6H,2,12H2,(H,14,17)(H,15,16). The van der Waals surface area contributed by atoms with Crippen molar-refractivity contribution in [2.75, 3.05) is 5.32 Å². The van der Waals surface area contributed by atoms with Crippen LogP contribution in [0, 0.1) is 0 Å². The largest absolute Gasteiger partial charge is 0.481 e. The molecule has 0 aromatic carbocycles. The van der Waals surface area contributed by atoms with Gasteiger partial charge in [0.25, 0.3) is 0 Å². The van der Waals surface area contributed by atoms with Gasteiger partial charge in [0.15, 0.2) is 0 Å². The lowest BCUT2D eigenvalue weighted by Gasteiger charge is -2.10. The van der Waals surface area contributed by atoms with Gasteiger partial charge >= 0.3 is 5.97 Å². The molecule has 6 nitrogen and oxygen atoms in total. The normalized spacial score (nSPS) is 11.9. The van der Waals surface area contributed by atoms with Crippen LogP contribution in [-0.4, -0.2) is 28.0 Å². The lowest BCUT2D eigenvalue weighted by molar-refractivity contribution is -0.138. The Hall–Kier alpha value is -1.18. The maximum atomic E-state index is 11.5. The lowest BCUT2D eigenvalue weighted by Crippen LogP contribution is -2.37. The van der Waals surface area contributed by atoms with E-state index in [-0.39, 0.29) is 5.15 Å². The number of nitrogens with one attached hydrogen (secondary N) is 1. The van der Waals surface area contributed by atoms with Crippen molar-refractivity contribution in [3.63, 3.8) is 0 Å². The molecule has 0 saturated heterocycles. The van der Waals surface area contributed by atoms with Gasteiger partial charge in [0.1, 0.15) is 5.15 Å². The molecule has 17 heavy (non-hydrogen) atoms. The number of carbonyl (C=O) groups excluding carboxylic acids is 1. The predicted octanol–water partition coefficient (Wildman–Crippen LogP) is 1.24. The molecule has 0 aliphatic rings. The highest BCUT2D eigenvalue weighted by molar-refractivity contribution is 9.10. The molecule has 0 fully saturated rings. The molecular formula is C9H9BrClN3O3. The van der Waals surface area contributed by atoms with Gasteiger partial charge in [-0.1, -0.05) is 11.6 Å². The Kier molecular flexibility index (Phi) is 4.86. The molecule has 1 amide bonds. The molecule has 92 valence electrons. The number of aliphatic carboxylic acids is 1. The fourth-order valence-electron chi connectivity index (χ4n) is 1.01. The Morgan fingerprint density at radius 1 is 1.65 bits per heavy atom. The summed E-state index contributed by atoms with van der Waals surface area (Å²) in [5, 5.41) is 11.2. The molecule has 1 unspecified atom stereocenters. The molecule has 1 aromatic heterocycles. The first kappa shape index (κ1) is 13.9. The number of nitrogens with two attached hydrogens (primary N) is 1. The zero-order chi connectivity index (χ0) is 13.0. The molecule has 8 heteroatoms. The van der Waals surface area contributed by atoms with E-state index in [1.807, 2.05) is 0 Å². The van der Waals surface area contributed by atoms with E-state index in [9.17, 15) is 9.59 Å². The predicted molar refractivity (Wildman–Crippen MR) is 65.8 cm³/mol. The molecule has 0 radical (unpaired) electrons. The summed E-state index contributed by atoms with van der Waals surface area (Å²) in [6, 6.07) is 0.433. The number of hydrogen-bond acceptors (Lipinski definition) is 4. The van der Waals surface area contributed by atoms with Crippen molar-refractivity contribution in [1.82, 2.24) is 4.98 Å². The monoisotopic (exact) mass is 321 g/mol. The lowest BCUT2D eigenvalue weighted by atomic mass is 10.2. The molecule has 0 saturated carbocycles. The number of halogens is 2. The second-order valence-corrected chi connectivity index (χ2v) is 4.40. The minimum atomic E-state index is -1.14. The van der Waals surface area contributed by atoms with Crippen LogP contribution in [-0.2, 0) is 9.59 Å². The van der Waals surface area contributed by atoms with E-state index < -0.39 is 24.3 Å². The molecule has 0 bridgehead atoms. The number of amides is 1. The Morgan fingerprint density at radius 3 is 2.82 bits per heavy atom. The summed E-state index contributed by atoms with van der Waals surface area (Å²) in [4.78, 5) is 25.6. The first-order valence-corrected chi connectivity index (χ1v) is 5.66. The second kappa shape index (κ2) is 5.95. The minimum Gasteiger partial charge on any atom is -0.481 e. The van der Waals surface area contributed by atoms with E-state index in [1.165, 1.54) is 6.20 Å². The molecule has 0 aliphatic carbocycles. The zero-order valence-electron chi connectivity index (χ0n) is 8.48. The van der Waals surface area contributed by atoms with Crippen molar-refractivity contribution in [2.45, 2.75) is 12.5 Å². The van der Waals surface area contributed by atoms with Gasteiger partial charge in [-0.3, -0.25) is 9.59 Å². The number of aromatic nitrogens is 1. The topological polar surface area (TPSA) is 105 Å². The number of carboxylic acids is 1. The summed E-state index contributed by atoms with van der Waals surface area (Å²) in [6.45, 7) is 0. The van der Waals surface area contributed by atoms with Crippen molar-refractivity contribution in [1.29, 1.82) is 0 Å². The van der Waals surface area contributed by atoms with Crippen LogP contribution in [0.15, 0.2) is 16.7 Å². The molecule has 1 rings (SSSR count). The smallest absolute Gasteiger partial charge is 0.305 e. The number of hydrogen-bond donors (Lipinski definition) is 3. The van der Waals surface area contributed by atoms with Crippen molar-refractivity contribution in [2.24, 2.45) is 5.73 Å². The average Bonchev–Trinajstić information content (AvgIpc) is 2.22. The summed E-state index contributed by atoms with van der Waals surface area (Å²) in [6.07, 6.45) is 0.909. The number of nitrogens with zero attached hydrogens (tertiary/aromatic N) is 1. The molecule has 1 heterocycles. The van der Waals surface area contributed by atoms with Crippen LogP contribution in [0.2, 0.25) is 5.15 Å². The van der Waals surface area contributed by atoms with Crippen molar-refractivity contribution in [3.8, 4) is 0 Å². The number of anilines is 1. The molecule has 1 aromatic rings. The van der Waals surface area contributed by atoms with Crippen LogP contribution >= 0.6 is 27.5 Å². The minimum absolute atomic E-state index is 0.262. The molecule has 0 spiro atoms. The van der Waals surface area contributed by atoms with Gasteiger partial charge in [0, 0.05) is 0 Å². The number of pyridine rings is 1. The third kappa shape index (κ3) is 4.29. The molecule has 1 atom stereocenters. The maximum Gasteiger partial charge on any atom is 0.305 e. The highest BCUT2D eigenvalue weighted by Crippen LogP contribution is 2.22. The summed E-state index contributed by atoms with van der Waals surface area (Å²) in [7, 11) is 0. The fraction of sp³-hybridized carbons (Fsp3) is 0.222. The van der Waals surface area contributed by atoms with E-state index in [4.69, 9.17) is 22.4 Å². The number of carbonyl (C=O) groups is 2. The number of rotatable bonds is 4. The summed E-state index contributed by atoms with van der Waals surface area (Å²) < 4.78 is 0.517.